The minimum atomic E-state index is -1.01. The van der Waals surface area contributed by atoms with Gasteiger partial charge in [-0.05, 0) is 41.0 Å². The van der Waals surface area contributed by atoms with Crippen LogP contribution in [0, 0.1) is 0 Å². The van der Waals surface area contributed by atoms with Crippen molar-refractivity contribution in [1.29, 1.82) is 0 Å². The highest BCUT2D eigenvalue weighted by atomic mass is 16.5. The second-order valence-electron chi connectivity index (χ2n) is 10.1. The maximum Gasteiger partial charge on any atom is 0.308 e. The molecule has 0 fully saturated rings. The molecule has 6 nitrogen and oxygen atoms in total. The predicted molar refractivity (Wildman–Crippen MR) is 171 cm³/mol. The number of carbonyl (C=O) groups is 1. The number of aliphatic hydroxyl groups is 1. The standard InChI is InChI=1S/C38H34O6/c1-28(39)44-34-20-21-35(38(24-34)43-27-31-15-9-4-10-16-31)36(40)22-18-32-17-19-33(41-25-29-11-5-2-6-12-29)23-37(32)42-26-30-13-7-3-8-14-30/h2-24,36,40H,25-27H2,1H3. The number of rotatable bonds is 13. The summed E-state index contributed by atoms with van der Waals surface area (Å²) in [5.41, 5.74) is 4.37. The van der Waals surface area contributed by atoms with Crippen LogP contribution < -0.4 is 18.9 Å². The first-order valence-corrected chi connectivity index (χ1v) is 14.4. The monoisotopic (exact) mass is 586 g/mol. The smallest absolute Gasteiger partial charge is 0.308 e. The molecule has 0 amide bonds. The van der Waals surface area contributed by atoms with Crippen LogP contribution in [-0.2, 0) is 24.6 Å². The van der Waals surface area contributed by atoms with Gasteiger partial charge < -0.3 is 24.1 Å². The summed E-state index contributed by atoms with van der Waals surface area (Å²) in [5, 5.41) is 11.3. The van der Waals surface area contributed by atoms with Crippen molar-refractivity contribution in [3.8, 4) is 23.0 Å². The van der Waals surface area contributed by atoms with Gasteiger partial charge in [-0.3, -0.25) is 4.79 Å². The molecule has 1 unspecified atom stereocenters. The molecule has 5 aromatic carbocycles. The van der Waals surface area contributed by atoms with Crippen LogP contribution >= 0.6 is 0 Å². The summed E-state index contributed by atoms with van der Waals surface area (Å²) >= 11 is 0. The minimum Gasteiger partial charge on any atom is -0.489 e. The van der Waals surface area contributed by atoms with Gasteiger partial charge in [-0.15, -0.1) is 0 Å². The Balaban J connectivity index is 1.37. The SMILES string of the molecule is CC(=O)Oc1ccc(C(O)C=Cc2ccc(OCc3ccccc3)cc2OCc2ccccc2)c(OCc2ccccc2)c1. The van der Waals surface area contributed by atoms with Gasteiger partial charge in [0.1, 0.15) is 48.9 Å². The number of esters is 1. The summed E-state index contributed by atoms with van der Waals surface area (Å²) in [4.78, 5) is 11.6. The zero-order chi connectivity index (χ0) is 30.6. The Kier molecular flexibility index (Phi) is 10.4. The molecular formula is C38H34O6. The van der Waals surface area contributed by atoms with E-state index in [1.807, 2.05) is 115 Å². The van der Waals surface area contributed by atoms with Gasteiger partial charge in [-0.2, -0.15) is 0 Å². The molecule has 0 spiro atoms. The second-order valence-corrected chi connectivity index (χ2v) is 10.1. The highest BCUT2D eigenvalue weighted by Gasteiger charge is 2.15. The van der Waals surface area contributed by atoms with Crippen molar-refractivity contribution < 1.29 is 28.8 Å². The number of benzene rings is 5. The van der Waals surface area contributed by atoms with Crippen molar-refractivity contribution in [2.24, 2.45) is 0 Å². The van der Waals surface area contributed by atoms with Gasteiger partial charge in [0.05, 0.1) is 0 Å². The average Bonchev–Trinajstić information content (AvgIpc) is 3.06. The van der Waals surface area contributed by atoms with Crippen LogP contribution in [0.3, 0.4) is 0 Å². The van der Waals surface area contributed by atoms with Gasteiger partial charge >= 0.3 is 5.97 Å². The number of carbonyl (C=O) groups excluding carboxylic acids is 1. The van der Waals surface area contributed by atoms with E-state index in [4.69, 9.17) is 18.9 Å². The molecular weight excluding hydrogens is 552 g/mol. The van der Waals surface area contributed by atoms with E-state index in [2.05, 4.69) is 0 Å². The minimum absolute atomic E-state index is 0.287. The fourth-order valence-electron chi connectivity index (χ4n) is 4.49. The Morgan fingerprint density at radius 1 is 0.636 bits per heavy atom. The Labute approximate surface area is 257 Å². The third kappa shape index (κ3) is 8.84. The van der Waals surface area contributed by atoms with Crippen LogP contribution in [0.4, 0.5) is 0 Å². The number of hydrogen-bond acceptors (Lipinski definition) is 6. The molecule has 0 bridgehead atoms. The second kappa shape index (κ2) is 15.2. The summed E-state index contributed by atoms with van der Waals surface area (Å²) in [5.74, 6) is 1.60. The van der Waals surface area contributed by atoms with Crippen LogP contribution in [0.2, 0.25) is 0 Å². The van der Waals surface area contributed by atoms with Crippen LogP contribution in [0.15, 0.2) is 133 Å². The lowest BCUT2D eigenvalue weighted by molar-refractivity contribution is -0.131. The molecule has 0 saturated heterocycles. The molecule has 1 N–H and O–H groups in total. The van der Waals surface area contributed by atoms with Crippen LogP contribution in [0.1, 0.15) is 40.8 Å². The summed E-state index contributed by atoms with van der Waals surface area (Å²) in [6.07, 6.45) is 2.47. The molecule has 0 heterocycles. The quantitative estimate of drug-likeness (QED) is 0.111. The fourth-order valence-corrected chi connectivity index (χ4v) is 4.49. The molecule has 0 aliphatic carbocycles. The van der Waals surface area contributed by atoms with E-state index in [1.165, 1.54) is 6.92 Å². The highest BCUT2D eigenvalue weighted by Crippen LogP contribution is 2.33. The summed E-state index contributed by atoms with van der Waals surface area (Å²) in [6, 6.07) is 40.2. The van der Waals surface area contributed by atoms with Crippen LogP contribution in [0.25, 0.3) is 6.08 Å². The summed E-state index contributed by atoms with van der Waals surface area (Å²) < 4.78 is 23.6. The number of ether oxygens (including phenoxy) is 4. The molecule has 44 heavy (non-hydrogen) atoms. The maximum atomic E-state index is 11.6. The molecule has 6 heteroatoms. The molecule has 5 rings (SSSR count). The lowest BCUT2D eigenvalue weighted by Crippen LogP contribution is -2.05. The molecule has 1 atom stereocenters. The fraction of sp³-hybridized carbons (Fsp3) is 0.132. The third-order valence-corrected chi connectivity index (χ3v) is 6.73. The van der Waals surface area contributed by atoms with Gasteiger partial charge in [0, 0.05) is 30.2 Å². The summed E-state index contributed by atoms with van der Waals surface area (Å²) in [6.45, 7) is 2.44. The van der Waals surface area contributed by atoms with Crippen molar-refractivity contribution in [3.05, 3.63) is 161 Å². The molecule has 0 aromatic heterocycles. The highest BCUT2D eigenvalue weighted by molar-refractivity contribution is 5.69. The zero-order valence-electron chi connectivity index (χ0n) is 24.5. The van der Waals surface area contributed by atoms with Crippen molar-refractivity contribution in [2.75, 3.05) is 0 Å². The molecule has 0 radical (unpaired) electrons. The van der Waals surface area contributed by atoms with E-state index in [0.717, 1.165) is 22.3 Å². The zero-order valence-corrected chi connectivity index (χ0v) is 24.5. The molecule has 0 saturated carbocycles. The molecule has 5 aromatic rings. The topological polar surface area (TPSA) is 74.2 Å². The van der Waals surface area contributed by atoms with E-state index >= 15 is 0 Å². The third-order valence-electron chi connectivity index (χ3n) is 6.73. The van der Waals surface area contributed by atoms with E-state index in [0.29, 0.717) is 41.8 Å². The number of hydrogen-bond donors (Lipinski definition) is 1. The lowest BCUT2D eigenvalue weighted by atomic mass is 10.1. The van der Waals surface area contributed by atoms with E-state index in [1.54, 1.807) is 24.3 Å². The van der Waals surface area contributed by atoms with Gasteiger partial charge in [0.2, 0.25) is 0 Å². The van der Waals surface area contributed by atoms with Gasteiger partial charge in [0.15, 0.2) is 0 Å². The van der Waals surface area contributed by atoms with Crippen LogP contribution in [0.5, 0.6) is 23.0 Å². The van der Waals surface area contributed by atoms with Crippen molar-refractivity contribution >= 4 is 12.0 Å². The number of aliphatic hydroxyl groups excluding tert-OH is 1. The Morgan fingerprint density at radius 2 is 1.14 bits per heavy atom. The van der Waals surface area contributed by atoms with E-state index < -0.39 is 12.1 Å². The Hall–Kier alpha value is -5.33. The Morgan fingerprint density at radius 3 is 1.70 bits per heavy atom. The predicted octanol–water partition coefficient (Wildman–Crippen LogP) is 8.10. The summed E-state index contributed by atoms with van der Waals surface area (Å²) in [7, 11) is 0. The van der Waals surface area contributed by atoms with Crippen molar-refractivity contribution in [1.82, 2.24) is 0 Å². The van der Waals surface area contributed by atoms with Crippen molar-refractivity contribution in [3.63, 3.8) is 0 Å². The van der Waals surface area contributed by atoms with E-state index in [-0.39, 0.29) is 6.61 Å². The largest absolute Gasteiger partial charge is 0.489 e. The maximum absolute atomic E-state index is 11.6. The first-order valence-electron chi connectivity index (χ1n) is 14.4. The lowest BCUT2D eigenvalue weighted by Gasteiger charge is -2.16. The molecule has 222 valence electrons. The normalized spacial score (nSPS) is 11.6. The Bertz CT molecular complexity index is 1670. The van der Waals surface area contributed by atoms with Gasteiger partial charge in [-0.25, -0.2) is 0 Å². The molecule has 0 aliphatic heterocycles. The first kappa shape index (κ1) is 30.1. The van der Waals surface area contributed by atoms with Crippen LogP contribution in [-0.4, -0.2) is 11.1 Å². The molecule has 0 aliphatic rings. The van der Waals surface area contributed by atoms with E-state index in [9.17, 15) is 9.90 Å². The average molecular weight is 587 g/mol. The van der Waals surface area contributed by atoms with Gasteiger partial charge in [0.25, 0.3) is 0 Å². The first-order chi connectivity index (χ1) is 21.5. The van der Waals surface area contributed by atoms with Gasteiger partial charge in [-0.1, -0.05) is 103 Å². The van der Waals surface area contributed by atoms with Crippen molar-refractivity contribution in [2.45, 2.75) is 32.8 Å².